The number of methoxy groups -OCH3 is 2. The molecule has 2 aromatic rings. The molecule has 0 spiro atoms. The minimum absolute atomic E-state index is 0.134. The number of hydrogen-bond acceptors (Lipinski definition) is 4. The van der Waals surface area contributed by atoms with Crippen molar-refractivity contribution in [2.24, 2.45) is 0 Å². The number of carbonyl (C=O) groups excluding carboxylic acids is 1. The fraction of sp³-hybridized carbons (Fsp3) is 0.211. The second-order valence-corrected chi connectivity index (χ2v) is 6.06. The number of carbonyl (C=O) groups is 1. The summed E-state index contributed by atoms with van der Waals surface area (Å²) in [5, 5.41) is -0.134. The molecule has 2 aromatic carbocycles. The van der Waals surface area contributed by atoms with E-state index in [2.05, 4.69) is 6.58 Å². The summed E-state index contributed by atoms with van der Waals surface area (Å²) in [7, 11) is 3.03. The van der Waals surface area contributed by atoms with Crippen molar-refractivity contribution in [3.8, 4) is 5.75 Å². The van der Waals surface area contributed by atoms with Crippen molar-refractivity contribution in [2.45, 2.75) is 11.0 Å². The van der Waals surface area contributed by atoms with Gasteiger partial charge in [-0.3, -0.25) is 0 Å². The molecule has 0 amide bonds. The average molecular weight is 328 g/mol. The van der Waals surface area contributed by atoms with Gasteiger partial charge in [-0.05, 0) is 23.3 Å². The lowest BCUT2D eigenvalue weighted by Gasteiger charge is -2.18. The van der Waals surface area contributed by atoms with E-state index in [-0.39, 0.29) is 11.2 Å². The molecule has 4 heteroatoms. The zero-order valence-corrected chi connectivity index (χ0v) is 14.1. The van der Waals surface area contributed by atoms with E-state index >= 15 is 0 Å². The first-order chi connectivity index (χ1) is 11.2. The molecule has 0 radical (unpaired) electrons. The maximum atomic E-state index is 11.9. The van der Waals surface area contributed by atoms with Gasteiger partial charge < -0.3 is 9.47 Å². The van der Waals surface area contributed by atoms with E-state index in [1.54, 1.807) is 18.9 Å². The Bertz CT molecular complexity index is 650. The molecule has 0 bridgehead atoms. The average Bonchev–Trinajstić information content (AvgIpc) is 2.62. The van der Waals surface area contributed by atoms with E-state index in [1.165, 1.54) is 7.11 Å². The summed E-state index contributed by atoms with van der Waals surface area (Å²) in [4.78, 5) is 11.9. The molecule has 0 fully saturated rings. The third-order valence-electron chi connectivity index (χ3n) is 3.44. The maximum absolute atomic E-state index is 11.9. The largest absolute Gasteiger partial charge is 0.497 e. The lowest BCUT2D eigenvalue weighted by Crippen LogP contribution is -2.10. The van der Waals surface area contributed by atoms with Crippen molar-refractivity contribution in [2.75, 3.05) is 14.2 Å². The zero-order chi connectivity index (χ0) is 16.7. The molecule has 0 saturated heterocycles. The van der Waals surface area contributed by atoms with Crippen LogP contribution < -0.4 is 4.74 Å². The van der Waals surface area contributed by atoms with Gasteiger partial charge in [-0.2, -0.15) is 0 Å². The predicted octanol–water partition coefficient (Wildman–Crippen LogP) is 4.40. The number of ether oxygens (including phenoxy) is 2. The first-order valence-electron chi connectivity index (χ1n) is 7.22. The van der Waals surface area contributed by atoms with E-state index in [9.17, 15) is 4.79 Å². The lowest BCUT2D eigenvalue weighted by molar-refractivity contribution is -0.136. The van der Waals surface area contributed by atoms with E-state index < -0.39 is 0 Å². The molecule has 0 aliphatic heterocycles. The van der Waals surface area contributed by atoms with Crippen LogP contribution in [0.15, 0.2) is 66.7 Å². The lowest BCUT2D eigenvalue weighted by atomic mass is 10.1. The molecular formula is C19H20O3S. The third kappa shape index (κ3) is 4.63. The Kier molecular flexibility index (Phi) is 6.29. The molecule has 120 valence electrons. The Balaban J connectivity index is 2.14. The zero-order valence-electron chi connectivity index (χ0n) is 13.3. The van der Waals surface area contributed by atoms with Crippen LogP contribution in [-0.2, 0) is 15.3 Å². The van der Waals surface area contributed by atoms with Gasteiger partial charge in [0.05, 0.1) is 19.5 Å². The number of rotatable bonds is 7. The van der Waals surface area contributed by atoms with Gasteiger partial charge in [-0.1, -0.05) is 49.0 Å². The molecule has 2 rings (SSSR count). The Morgan fingerprint density at radius 1 is 1.09 bits per heavy atom. The highest BCUT2D eigenvalue weighted by atomic mass is 32.2. The first kappa shape index (κ1) is 17.2. The number of hydrogen-bond donors (Lipinski definition) is 0. The van der Waals surface area contributed by atoms with Crippen LogP contribution >= 0.6 is 11.8 Å². The Morgan fingerprint density at radius 2 is 1.74 bits per heavy atom. The highest BCUT2D eigenvalue weighted by Gasteiger charge is 2.22. The Hall–Kier alpha value is -2.20. The topological polar surface area (TPSA) is 35.5 Å². The highest BCUT2D eigenvalue weighted by molar-refractivity contribution is 7.99. The van der Waals surface area contributed by atoms with Crippen molar-refractivity contribution in [3.63, 3.8) is 0 Å². The standard InChI is InChI=1S/C19H20O3S/c1-14(19(20)22-3)18(16-7-5-4-6-8-16)23-13-15-9-11-17(21-2)12-10-15/h4-12,18H,1,13H2,2-3H3/t18-/m1/s1. The Morgan fingerprint density at radius 3 is 2.30 bits per heavy atom. The molecule has 3 nitrogen and oxygen atoms in total. The molecule has 0 heterocycles. The predicted molar refractivity (Wildman–Crippen MR) is 94.6 cm³/mol. The molecular weight excluding hydrogens is 308 g/mol. The van der Waals surface area contributed by atoms with Crippen LogP contribution in [0.1, 0.15) is 16.4 Å². The van der Waals surface area contributed by atoms with Gasteiger partial charge in [0.15, 0.2) is 0 Å². The van der Waals surface area contributed by atoms with Gasteiger partial charge >= 0.3 is 5.97 Å². The van der Waals surface area contributed by atoms with Crippen LogP contribution in [0.5, 0.6) is 5.75 Å². The highest BCUT2D eigenvalue weighted by Crippen LogP contribution is 2.37. The van der Waals surface area contributed by atoms with Crippen LogP contribution in [0.3, 0.4) is 0 Å². The molecule has 23 heavy (non-hydrogen) atoms. The molecule has 0 unspecified atom stereocenters. The number of benzene rings is 2. The second kappa shape index (κ2) is 8.44. The van der Waals surface area contributed by atoms with Crippen molar-refractivity contribution in [1.82, 2.24) is 0 Å². The van der Waals surface area contributed by atoms with Gasteiger partial charge in [-0.25, -0.2) is 4.79 Å². The van der Waals surface area contributed by atoms with Crippen LogP contribution in [0, 0.1) is 0 Å². The van der Waals surface area contributed by atoms with E-state index in [0.29, 0.717) is 5.57 Å². The van der Waals surface area contributed by atoms with Gasteiger partial charge in [0, 0.05) is 11.3 Å². The van der Waals surface area contributed by atoms with E-state index in [1.807, 2.05) is 54.6 Å². The normalized spacial score (nSPS) is 11.6. The van der Waals surface area contributed by atoms with Crippen molar-refractivity contribution >= 4 is 17.7 Å². The minimum atomic E-state index is -0.374. The van der Waals surface area contributed by atoms with E-state index in [4.69, 9.17) is 9.47 Å². The van der Waals surface area contributed by atoms with Crippen LogP contribution in [0.2, 0.25) is 0 Å². The quantitative estimate of drug-likeness (QED) is 0.557. The summed E-state index contributed by atoms with van der Waals surface area (Å²) >= 11 is 1.65. The summed E-state index contributed by atoms with van der Waals surface area (Å²) < 4.78 is 9.99. The molecule has 0 aliphatic rings. The first-order valence-corrected chi connectivity index (χ1v) is 8.27. The van der Waals surface area contributed by atoms with Gasteiger partial charge in [0.1, 0.15) is 5.75 Å². The summed E-state index contributed by atoms with van der Waals surface area (Å²) in [6, 6.07) is 17.8. The van der Waals surface area contributed by atoms with Crippen molar-refractivity contribution in [1.29, 1.82) is 0 Å². The third-order valence-corrected chi connectivity index (χ3v) is 4.83. The molecule has 0 aromatic heterocycles. The van der Waals surface area contributed by atoms with Gasteiger partial charge in [0.2, 0.25) is 0 Å². The minimum Gasteiger partial charge on any atom is -0.497 e. The van der Waals surface area contributed by atoms with Crippen molar-refractivity contribution in [3.05, 3.63) is 77.9 Å². The summed E-state index contributed by atoms with van der Waals surface area (Å²) in [6.45, 7) is 3.93. The van der Waals surface area contributed by atoms with Crippen molar-refractivity contribution < 1.29 is 14.3 Å². The maximum Gasteiger partial charge on any atom is 0.334 e. The fourth-order valence-corrected chi connectivity index (χ4v) is 3.36. The fourth-order valence-electron chi connectivity index (χ4n) is 2.17. The number of esters is 1. The second-order valence-electron chi connectivity index (χ2n) is 4.97. The number of thioether (sulfide) groups is 1. The van der Waals surface area contributed by atoms with Gasteiger partial charge in [0.25, 0.3) is 0 Å². The summed E-state index contributed by atoms with van der Waals surface area (Å²) in [6.07, 6.45) is 0. The summed E-state index contributed by atoms with van der Waals surface area (Å²) in [5.74, 6) is 1.22. The van der Waals surface area contributed by atoms with Crippen LogP contribution in [-0.4, -0.2) is 20.2 Å². The smallest absolute Gasteiger partial charge is 0.334 e. The molecule has 0 N–H and O–H groups in total. The SMILES string of the molecule is C=C(C(=O)OC)[C@@H](SCc1ccc(OC)cc1)c1ccccc1. The molecule has 0 aliphatic carbocycles. The summed E-state index contributed by atoms with van der Waals surface area (Å²) in [5.41, 5.74) is 2.66. The molecule has 0 saturated carbocycles. The Labute approximate surface area is 141 Å². The van der Waals surface area contributed by atoms with Crippen LogP contribution in [0.4, 0.5) is 0 Å². The molecule has 1 atom stereocenters. The van der Waals surface area contributed by atoms with Crippen LogP contribution in [0.25, 0.3) is 0 Å². The monoisotopic (exact) mass is 328 g/mol. The van der Waals surface area contributed by atoms with E-state index in [0.717, 1.165) is 22.6 Å². The van der Waals surface area contributed by atoms with Gasteiger partial charge in [-0.15, -0.1) is 11.8 Å².